The summed E-state index contributed by atoms with van der Waals surface area (Å²) in [7, 11) is 0. The van der Waals surface area contributed by atoms with Gasteiger partial charge in [-0.25, -0.2) is 4.68 Å². The molecule has 172 valence electrons. The number of rotatable bonds is 6. The first-order valence-electron chi connectivity index (χ1n) is 10.3. The van der Waals surface area contributed by atoms with Gasteiger partial charge in [-0.15, -0.1) is 0 Å². The molecule has 3 aromatic rings. The zero-order valence-electron chi connectivity index (χ0n) is 17.6. The predicted octanol–water partition coefficient (Wildman–Crippen LogP) is 5.72. The Kier molecular flexibility index (Phi) is 6.25. The third-order valence-electron chi connectivity index (χ3n) is 5.81. The fourth-order valence-corrected chi connectivity index (χ4v) is 4.16. The highest BCUT2D eigenvalue weighted by atomic mass is 35.5. The second-order valence-electron chi connectivity index (χ2n) is 7.97. The van der Waals surface area contributed by atoms with Gasteiger partial charge in [-0.1, -0.05) is 41.0 Å². The van der Waals surface area contributed by atoms with Crippen LogP contribution in [0.3, 0.4) is 0 Å². The molecule has 0 aliphatic heterocycles. The van der Waals surface area contributed by atoms with Crippen LogP contribution in [0.4, 0.5) is 13.2 Å². The first-order chi connectivity index (χ1) is 15.7. The van der Waals surface area contributed by atoms with Crippen molar-refractivity contribution in [2.24, 2.45) is 5.18 Å². The summed E-state index contributed by atoms with van der Waals surface area (Å²) >= 11 is 5.98. The van der Waals surface area contributed by atoms with E-state index in [4.69, 9.17) is 11.6 Å². The third kappa shape index (κ3) is 4.78. The molecule has 0 bridgehead atoms. The number of halogens is 4. The maximum absolute atomic E-state index is 13.3. The maximum atomic E-state index is 13.3. The molecule has 6 nitrogen and oxygen atoms in total. The van der Waals surface area contributed by atoms with Crippen LogP contribution < -0.4 is 5.32 Å². The number of nitroso groups, excluding NO2 is 1. The van der Waals surface area contributed by atoms with Crippen molar-refractivity contribution < 1.29 is 18.0 Å². The van der Waals surface area contributed by atoms with Crippen LogP contribution in [0.25, 0.3) is 5.69 Å². The Bertz CT molecular complexity index is 1210. The molecule has 2 atom stereocenters. The van der Waals surface area contributed by atoms with Crippen LogP contribution in [-0.4, -0.2) is 15.7 Å². The molecule has 1 aliphatic carbocycles. The molecule has 1 aliphatic rings. The van der Waals surface area contributed by atoms with Crippen LogP contribution in [0.2, 0.25) is 5.02 Å². The molecule has 0 saturated carbocycles. The van der Waals surface area contributed by atoms with E-state index in [0.717, 1.165) is 28.3 Å². The fraction of sp³-hybridized carbons (Fsp3) is 0.304. The number of amides is 1. The Labute approximate surface area is 192 Å². The van der Waals surface area contributed by atoms with Crippen molar-refractivity contribution in [2.45, 2.75) is 44.4 Å². The standard InChI is InChI=1S/C23H20ClF3N4O2/c1-13(15-6-5-14-7-8-20(30-33)19(14)9-15)22(32)28-12-18-11-21(23(25,26)27)29-31(18)17-4-2-3-16(24)10-17/h2-6,9-11,13,20H,7-8,12H2,1H3,(H,28,32). The van der Waals surface area contributed by atoms with Crippen LogP contribution >= 0.6 is 11.6 Å². The van der Waals surface area contributed by atoms with E-state index in [-0.39, 0.29) is 18.1 Å². The van der Waals surface area contributed by atoms with Crippen molar-refractivity contribution in [3.8, 4) is 5.69 Å². The van der Waals surface area contributed by atoms with Gasteiger partial charge in [-0.2, -0.15) is 23.2 Å². The minimum atomic E-state index is -4.64. The quantitative estimate of drug-likeness (QED) is 0.462. The number of nitrogens with one attached hydrogen (secondary N) is 1. The molecule has 0 fully saturated rings. The molecule has 2 unspecified atom stereocenters. The van der Waals surface area contributed by atoms with Gasteiger partial charge in [0.2, 0.25) is 5.91 Å². The summed E-state index contributed by atoms with van der Waals surface area (Å²) < 4.78 is 40.9. The molecule has 10 heteroatoms. The Morgan fingerprint density at radius 2 is 2.06 bits per heavy atom. The number of hydrogen-bond acceptors (Lipinski definition) is 4. The van der Waals surface area contributed by atoms with Crippen molar-refractivity contribution in [3.63, 3.8) is 0 Å². The van der Waals surface area contributed by atoms with Crippen molar-refractivity contribution in [1.82, 2.24) is 15.1 Å². The largest absolute Gasteiger partial charge is 0.435 e. The number of aromatic nitrogens is 2. The van der Waals surface area contributed by atoms with E-state index in [1.54, 1.807) is 25.1 Å². The van der Waals surface area contributed by atoms with Crippen molar-refractivity contribution in [3.05, 3.63) is 86.5 Å². The first kappa shape index (κ1) is 23.0. The summed E-state index contributed by atoms with van der Waals surface area (Å²) in [5.74, 6) is -0.941. The molecule has 4 rings (SSSR count). The van der Waals surface area contributed by atoms with Gasteiger partial charge in [0.05, 0.1) is 23.8 Å². The molecule has 0 saturated heterocycles. The molecular weight excluding hydrogens is 457 g/mol. The zero-order valence-corrected chi connectivity index (χ0v) is 18.3. The average molecular weight is 477 g/mol. The molecular formula is C23H20ClF3N4O2. The lowest BCUT2D eigenvalue weighted by atomic mass is 9.95. The second-order valence-corrected chi connectivity index (χ2v) is 8.40. The number of hydrogen-bond donors (Lipinski definition) is 1. The van der Waals surface area contributed by atoms with E-state index >= 15 is 0 Å². The van der Waals surface area contributed by atoms with Gasteiger partial charge in [0, 0.05) is 5.02 Å². The van der Waals surface area contributed by atoms with Crippen LogP contribution in [0, 0.1) is 4.91 Å². The number of fused-ring (bicyclic) bond motifs is 1. The van der Waals surface area contributed by atoms with Crippen LogP contribution in [-0.2, 0) is 23.9 Å². The maximum Gasteiger partial charge on any atom is 0.435 e. The topological polar surface area (TPSA) is 76.3 Å². The highest BCUT2D eigenvalue weighted by Gasteiger charge is 2.35. The number of carbonyl (C=O) groups excluding carboxylic acids is 1. The zero-order chi connectivity index (χ0) is 23.8. The smallest absolute Gasteiger partial charge is 0.350 e. The monoisotopic (exact) mass is 476 g/mol. The van der Waals surface area contributed by atoms with Crippen LogP contribution in [0.15, 0.2) is 53.7 Å². The van der Waals surface area contributed by atoms with E-state index in [2.05, 4.69) is 15.6 Å². The predicted molar refractivity (Wildman–Crippen MR) is 117 cm³/mol. The van der Waals surface area contributed by atoms with E-state index < -0.39 is 23.8 Å². The summed E-state index contributed by atoms with van der Waals surface area (Å²) in [4.78, 5) is 23.9. The van der Waals surface area contributed by atoms with Crippen LogP contribution in [0.5, 0.6) is 0 Å². The minimum Gasteiger partial charge on any atom is -0.350 e. The molecule has 2 aromatic carbocycles. The molecule has 0 radical (unpaired) electrons. The third-order valence-corrected chi connectivity index (χ3v) is 6.04. The molecule has 1 aromatic heterocycles. The Balaban J connectivity index is 1.55. The van der Waals surface area contributed by atoms with Gasteiger partial charge in [0.1, 0.15) is 6.04 Å². The summed E-state index contributed by atoms with van der Waals surface area (Å²) in [5, 5.41) is 9.87. The SMILES string of the molecule is CC(C(=O)NCc1cc(C(F)(F)F)nn1-c1cccc(Cl)c1)c1ccc2c(c1)C(N=O)CC2. The van der Waals surface area contributed by atoms with Crippen molar-refractivity contribution in [2.75, 3.05) is 0 Å². The van der Waals surface area contributed by atoms with E-state index in [1.807, 2.05) is 18.2 Å². The lowest BCUT2D eigenvalue weighted by Crippen LogP contribution is -2.28. The first-order valence-corrected chi connectivity index (χ1v) is 10.7. The van der Waals surface area contributed by atoms with E-state index in [1.165, 1.54) is 6.07 Å². The Morgan fingerprint density at radius 3 is 2.76 bits per heavy atom. The highest BCUT2D eigenvalue weighted by Crippen LogP contribution is 2.36. The van der Waals surface area contributed by atoms with Gasteiger partial charge in [-0.3, -0.25) is 4.79 Å². The lowest BCUT2D eigenvalue weighted by Gasteiger charge is -2.15. The molecule has 33 heavy (non-hydrogen) atoms. The van der Waals surface area contributed by atoms with Crippen LogP contribution in [0.1, 0.15) is 53.4 Å². The second kappa shape index (κ2) is 8.97. The number of carbonyl (C=O) groups is 1. The highest BCUT2D eigenvalue weighted by molar-refractivity contribution is 6.30. The summed E-state index contributed by atoms with van der Waals surface area (Å²) in [5.41, 5.74) is 2.02. The Morgan fingerprint density at radius 1 is 1.27 bits per heavy atom. The van der Waals surface area contributed by atoms with Gasteiger partial charge >= 0.3 is 6.18 Å². The molecule has 1 N–H and O–H groups in total. The number of nitrogens with zero attached hydrogens (tertiary/aromatic N) is 3. The number of aryl methyl sites for hydroxylation is 1. The van der Waals surface area contributed by atoms with Crippen molar-refractivity contribution >= 4 is 17.5 Å². The normalized spacial score (nSPS) is 16.3. The van der Waals surface area contributed by atoms with E-state index in [9.17, 15) is 22.9 Å². The van der Waals surface area contributed by atoms with Crippen molar-refractivity contribution in [1.29, 1.82) is 0 Å². The average Bonchev–Trinajstić information content (AvgIpc) is 3.40. The van der Waals surface area contributed by atoms with Gasteiger partial charge in [-0.05, 0) is 60.7 Å². The van der Waals surface area contributed by atoms with E-state index in [0.29, 0.717) is 22.7 Å². The molecule has 1 amide bonds. The number of benzene rings is 2. The summed E-state index contributed by atoms with van der Waals surface area (Å²) in [6.07, 6.45) is -3.22. The molecule has 0 spiro atoms. The van der Waals surface area contributed by atoms with Gasteiger partial charge < -0.3 is 5.32 Å². The van der Waals surface area contributed by atoms with Gasteiger partial charge in [0.25, 0.3) is 0 Å². The summed E-state index contributed by atoms with van der Waals surface area (Å²) in [6.45, 7) is 1.53. The lowest BCUT2D eigenvalue weighted by molar-refractivity contribution is -0.141. The summed E-state index contributed by atoms with van der Waals surface area (Å²) in [6, 6.07) is 12.3. The fourth-order valence-electron chi connectivity index (χ4n) is 3.98. The molecule has 1 heterocycles. The Hall–Kier alpha value is -3.20. The van der Waals surface area contributed by atoms with Gasteiger partial charge in [0.15, 0.2) is 5.69 Å². The number of alkyl halides is 3. The minimum absolute atomic E-state index is 0.157.